The molecule has 138 valence electrons. The van der Waals surface area contributed by atoms with Gasteiger partial charge in [-0.1, -0.05) is 12.1 Å². The topological polar surface area (TPSA) is 119 Å². The van der Waals surface area contributed by atoms with E-state index in [0.29, 0.717) is 11.1 Å². The Morgan fingerprint density at radius 1 is 1.04 bits per heavy atom. The average molecular weight is 362 g/mol. The van der Waals surface area contributed by atoms with Crippen LogP contribution in [0.2, 0.25) is 0 Å². The maximum atomic E-state index is 12.1. The smallest absolute Gasteiger partial charge is 0.413 e. The highest BCUT2D eigenvalue weighted by molar-refractivity contribution is 6.21. The second-order valence-electron chi connectivity index (χ2n) is 5.34. The number of hydrogen-bond donors (Lipinski definition) is 1. The van der Waals surface area contributed by atoms with Gasteiger partial charge in [-0.15, -0.1) is 0 Å². The number of fused-ring (bicyclic) bond motifs is 1. The first-order valence-corrected chi connectivity index (χ1v) is 8.01. The third-order valence-electron chi connectivity index (χ3n) is 3.52. The number of nitrogens with zero attached hydrogens (tertiary/aromatic N) is 1. The predicted octanol–water partition coefficient (Wildman–Crippen LogP) is 0.879. The maximum Gasteiger partial charge on any atom is 0.413 e. The molecule has 0 atom stereocenters. The molecule has 0 fully saturated rings. The lowest BCUT2D eigenvalue weighted by Crippen LogP contribution is -2.34. The summed E-state index contributed by atoms with van der Waals surface area (Å²) < 4.78 is 9.22. The number of ether oxygens (including phenoxy) is 2. The minimum atomic E-state index is -0.917. The van der Waals surface area contributed by atoms with Crippen LogP contribution >= 0.6 is 0 Å². The van der Waals surface area contributed by atoms with Gasteiger partial charge >= 0.3 is 12.1 Å². The summed E-state index contributed by atoms with van der Waals surface area (Å²) in [5.74, 6) is -2.28. The van der Waals surface area contributed by atoms with Crippen molar-refractivity contribution in [3.05, 3.63) is 35.4 Å². The van der Waals surface area contributed by atoms with Crippen molar-refractivity contribution in [3.63, 3.8) is 0 Å². The molecule has 0 bridgehead atoms. The first-order valence-electron chi connectivity index (χ1n) is 8.01. The van der Waals surface area contributed by atoms with Crippen molar-refractivity contribution in [2.75, 3.05) is 19.8 Å². The molecule has 1 aromatic carbocycles. The third-order valence-corrected chi connectivity index (χ3v) is 3.52. The lowest BCUT2D eigenvalue weighted by atomic mass is 10.1. The molecule has 4 amide bonds. The molecule has 9 nitrogen and oxygen atoms in total. The monoisotopic (exact) mass is 362 g/mol. The predicted molar refractivity (Wildman–Crippen MR) is 87.2 cm³/mol. The summed E-state index contributed by atoms with van der Waals surface area (Å²) >= 11 is 0. The van der Waals surface area contributed by atoms with E-state index in [1.807, 2.05) is 5.32 Å². The van der Waals surface area contributed by atoms with Crippen molar-refractivity contribution in [1.82, 2.24) is 10.2 Å². The number of hydrogen-bond acceptors (Lipinski definition) is 7. The standard InChI is InChI=1S/C17H18N2O7/c1-2-25-17(24)18-13(20)10-26-14(21)8-5-9-19-15(22)11-6-3-4-7-12(11)16(19)23/h3-4,6-7H,2,5,8-10H2,1H3,(H,18,20,24). The van der Waals surface area contributed by atoms with Crippen molar-refractivity contribution >= 4 is 29.8 Å². The van der Waals surface area contributed by atoms with E-state index in [4.69, 9.17) is 4.74 Å². The Morgan fingerprint density at radius 3 is 2.23 bits per heavy atom. The second kappa shape index (κ2) is 8.75. The van der Waals surface area contributed by atoms with Gasteiger partial charge in [0.15, 0.2) is 6.61 Å². The fraction of sp³-hybridized carbons (Fsp3) is 0.353. The van der Waals surface area contributed by atoms with Crippen LogP contribution in [0.4, 0.5) is 4.79 Å². The number of rotatable bonds is 7. The Kier molecular flexibility index (Phi) is 6.42. The molecule has 0 radical (unpaired) electrons. The normalized spacial score (nSPS) is 12.6. The zero-order chi connectivity index (χ0) is 19.1. The molecule has 1 aliphatic heterocycles. The quantitative estimate of drug-likeness (QED) is 0.565. The number of amides is 4. The first-order chi connectivity index (χ1) is 12.4. The molecule has 1 heterocycles. The fourth-order valence-electron chi connectivity index (χ4n) is 2.36. The van der Waals surface area contributed by atoms with E-state index >= 15 is 0 Å². The fourth-order valence-corrected chi connectivity index (χ4v) is 2.36. The van der Waals surface area contributed by atoms with Crippen LogP contribution in [0, 0.1) is 0 Å². The molecule has 1 aromatic rings. The number of carbonyl (C=O) groups is 5. The van der Waals surface area contributed by atoms with Crippen molar-refractivity contribution < 1.29 is 33.4 Å². The summed E-state index contributed by atoms with van der Waals surface area (Å²) in [4.78, 5) is 59.3. The van der Waals surface area contributed by atoms with Gasteiger partial charge in [0.1, 0.15) is 0 Å². The highest BCUT2D eigenvalue weighted by Gasteiger charge is 2.34. The number of esters is 1. The Labute approximate surface area is 149 Å². The summed E-state index contributed by atoms with van der Waals surface area (Å²) in [6.45, 7) is 1.14. The molecule has 0 saturated heterocycles. The minimum absolute atomic E-state index is 0.0659. The lowest BCUT2D eigenvalue weighted by Gasteiger charge is -2.13. The molecule has 9 heteroatoms. The molecule has 2 rings (SSSR count). The number of nitrogens with one attached hydrogen (secondary N) is 1. The zero-order valence-corrected chi connectivity index (χ0v) is 14.1. The SMILES string of the molecule is CCOC(=O)NC(=O)COC(=O)CCCN1C(=O)c2ccccc2C1=O. The number of carbonyl (C=O) groups excluding carboxylic acids is 5. The van der Waals surface area contributed by atoms with Crippen LogP contribution in [0.3, 0.4) is 0 Å². The molecule has 0 aliphatic carbocycles. The van der Waals surface area contributed by atoms with Gasteiger partial charge in [-0.3, -0.25) is 29.4 Å². The second-order valence-corrected chi connectivity index (χ2v) is 5.34. The van der Waals surface area contributed by atoms with Crippen LogP contribution in [0.25, 0.3) is 0 Å². The van der Waals surface area contributed by atoms with Crippen LogP contribution in [0.15, 0.2) is 24.3 Å². The van der Waals surface area contributed by atoms with Crippen LogP contribution < -0.4 is 5.32 Å². The lowest BCUT2D eigenvalue weighted by molar-refractivity contribution is -0.148. The Balaban J connectivity index is 1.71. The van der Waals surface area contributed by atoms with Crippen molar-refractivity contribution in [1.29, 1.82) is 0 Å². The molecule has 0 unspecified atom stereocenters. The molecule has 26 heavy (non-hydrogen) atoms. The van der Waals surface area contributed by atoms with E-state index in [9.17, 15) is 24.0 Å². The van der Waals surface area contributed by atoms with Crippen LogP contribution in [0.1, 0.15) is 40.5 Å². The Hall–Kier alpha value is -3.23. The molecule has 1 N–H and O–H groups in total. The highest BCUT2D eigenvalue weighted by Crippen LogP contribution is 2.22. The van der Waals surface area contributed by atoms with E-state index in [2.05, 4.69) is 4.74 Å². The summed E-state index contributed by atoms with van der Waals surface area (Å²) in [6.07, 6.45) is -0.802. The van der Waals surface area contributed by atoms with Gasteiger partial charge in [0.05, 0.1) is 17.7 Å². The molecule has 0 spiro atoms. The largest absolute Gasteiger partial charge is 0.456 e. The van der Waals surface area contributed by atoms with Gasteiger partial charge in [0.25, 0.3) is 17.7 Å². The summed E-state index contributed by atoms with van der Waals surface area (Å²) in [5.41, 5.74) is 0.687. The minimum Gasteiger partial charge on any atom is -0.456 e. The highest BCUT2D eigenvalue weighted by atomic mass is 16.6. The molecular weight excluding hydrogens is 344 g/mol. The number of alkyl carbamates (subject to hydrolysis) is 1. The van der Waals surface area contributed by atoms with Gasteiger partial charge in [-0.25, -0.2) is 4.79 Å². The van der Waals surface area contributed by atoms with Crippen molar-refractivity contribution in [2.45, 2.75) is 19.8 Å². The van der Waals surface area contributed by atoms with Gasteiger partial charge in [0.2, 0.25) is 0 Å². The van der Waals surface area contributed by atoms with Crippen LogP contribution in [-0.4, -0.2) is 54.4 Å². The van der Waals surface area contributed by atoms with E-state index in [-0.39, 0.29) is 26.0 Å². The summed E-state index contributed by atoms with van der Waals surface area (Å²) in [7, 11) is 0. The van der Waals surface area contributed by atoms with Gasteiger partial charge in [-0.05, 0) is 25.5 Å². The Bertz CT molecular complexity index is 709. The van der Waals surface area contributed by atoms with Crippen molar-refractivity contribution in [3.8, 4) is 0 Å². The molecule has 1 aliphatic rings. The van der Waals surface area contributed by atoms with Crippen LogP contribution in [-0.2, 0) is 19.1 Å². The number of benzene rings is 1. The van der Waals surface area contributed by atoms with Gasteiger partial charge in [0, 0.05) is 13.0 Å². The molecule has 0 saturated carbocycles. The van der Waals surface area contributed by atoms with E-state index < -0.39 is 36.4 Å². The first kappa shape index (κ1) is 19.1. The zero-order valence-electron chi connectivity index (χ0n) is 14.1. The number of imide groups is 2. The maximum absolute atomic E-state index is 12.1. The third kappa shape index (κ3) is 4.65. The van der Waals surface area contributed by atoms with E-state index in [1.54, 1.807) is 31.2 Å². The van der Waals surface area contributed by atoms with E-state index in [0.717, 1.165) is 4.90 Å². The average Bonchev–Trinajstić information content (AvgIpc) is 2.85. The summed E-state index contributed by atoms with van der Waals surface area (Å²) in [6, 6.07) is 6.50. The molecular formula is C17H18N2O7. The van der Waals surface area contributed by atoms with Crippen LogP contribution in [0.5, 0.6) is 0 Å². The van der Waals surface area contributed by atoms with E-state index in [1.165, 1.54) is 0 Å². The Morgan fingerprint density at radius 2 is 1.65 bits per heavy atom. The molecule has 0 aromatic heterocycles. The summed E-state index contributed by atoms with van der Waals surface area (Å²) in [5, 5.41) is 1.88. The van der Waals surface area contributed by atoms with Crippen molar-refractivity contribution in [2.24, 2.45) is 0 Å². The van der Waals surface area contributed by atoms with Gasteiger partial charge < -0.3 is 9.47 Å². The van der Waals surface area contributed by atoms with Gasteiger partial charge in [-0.2, -0.15) is 0 Å².